The molecule has 2 heterocycles. The van der Waals surface area contributed by atoms with Crippen LogP contribution in [-0.4, -0.2) is 40.9 Å². The number of nitro groups is 1. The summed E-state index contributed by atoms with van der Waals surface area (Å²) in [6.07, 6.45) is 3.25. The van der Waals surface area contributed by atoms with Gasteiger partial charge in [0, 0.05) is 30.3 Å². The maximum absolute atomic E-state index is 12.3. The van der Waals surface area contributed by atoms with Gasteiger partial charge in [-0.15, -0.1) is 0 Å². The molecule has 2 unspecified atom stereocenters. The summed E-state index contributed by atoms with van der Waals surface area (Å²) in [5, 5.41) is 14.0. The van der Waals surface area contributed by atoms with E-state index < -0.39 is 4.92 Å². The molecule has 1 amide bonds. The summed E-state index contributed by atoms with van der Waals surface area (Å²) >= 11 is 3.13. The van der Waals surface area contributed by atoms with Crippen LogP contribution in [0.4, 0.5) is 5.69 Å². The molecule has 2 fully saturated rings. The topological polar surface area (TPSA) is 75.5 Å². The number of amides is 1. The van der Waals surface area contributed by atoms with Crippen LogP contribution in [0, 0.1) is 10.1 Å². The number of rotatable bonds is 3. The zero-order chi connectivity index (χ0) is 15.0. The van der Waals surface area contributed by atoms with Gasteiger partial charge < -0.3 is 5.32 Å². The van der Waals surface area contributed by atoms with Gasteiger partial charge in [0.15, 0.2) is 0 Å². The molecule has 6 nitrogen and oxygen atoms in total. The first-order valence-electron chi connectivity index (χ1n) is 7.05. The summed E-state index contributed by atoms with van der Waals surface area (Å²) in [6, 6.07) is 5.06. The maximum atomic E-state index is 12.3. The van der Waals surface area contributed by atoms with Crippen molar-refractivity contribution in [2.24, 2.45) is 0 Å². The smallest absolute Gasteiger partial charge is 0.284 e. The molecule has 2 atom stereocenters. The first-order valence-corrected chi connectivity index (χ1v) is 7.84. The van der Waals surface area contributed by atoms with E-state index in [4.69, 9.17) is 0 Å². The SMILES string of the molecule is O=C(NC1CCN2CCCC12)c1ccc(Br)c([N+](=O)[O-])c1. The number of nitro benzene ring substituents is 1. The van der Waals surface area contributed by atoms with E-state index in [2.05, 4.69) is 26.1 Å². The van der Waals surface area contributed by atoms with Crippen LogP contribution >= 0.6 is 15.9 Å². The lowest BCUT2D eigenvalue weighted by molar-refractivity contribution is -0.385. The molecule has 2 aliphatic rings. The van der Waals surface area contributed by atoms with Crippen LogP contribution in [0.3, 0.4) is 0 Å². The number of benzene rings is 1. The van der Waals surface area contributed by atoms with Crippen molar-refractivity contribution >= 4 is 27.5 Å². The second kappa shape index (κ2) is 5.73. The van der Waals surface area contributed by atoms with E-state index >= 15 is 0 Å². The molecule has 1 aromatic rings. The van der Waals surface area contributed by atoms with Gasteiger partial charge in [-0.1, -0.05) is 0 Å². The van der Waals surface area contributed by atoms with Crippen molar-refractivity contribution in [2.75, 3.05) is 13.1 Å². The monoisotopic (exact) mass is 353 g/mol. The van der Waals surface area contributed by atoms with Gasteiger partial charge in [0.05, 0.1) is 9.40 Å². The lowest BCUT2D eigenvalue weighted by Gasteiger charge is -2.21. The van der Waals surface area contributed by atoms with Crippen LogP contribution in [0.15, 0.2) is 22.7 Å². The Kier molecular flexibility index (Phi) is 3.95. The van der Waals surface area contributed by atoms with E-state index in [0.717, 1.165) is 25.9 Å². The number of nitrogens with zero attached hydrogens (tertiary/aromatic N) is 2. The number of hydrogen-bond donors (Lipinski definition) is 1. The first kappa shape index (κ1) is 14.5. The van der Waals surface area contributed by atoms with E-state index in [-0.39, 0.29) is 17.6 Å². The Bertz CT molecular complexity index is 593. The molecule has 1 aromatic carbocycles. The first-order chi connectivity index (χ1) is 10.1. The number of carbonyl (C=O) groups excluding carboxylic acids is 1. The second-order valence-electron chi connectivity index (χ2n) is 5.54. The Labute approximate surface area is 130 Å². The van der Waals surface area contributed by atoms with Gasteiger partial charge in [0.25, 0.3) is 11.6 Å². The average Bonchev–Trinajstić information content (AvgIpc) is 3.04. The van der Waals surface area contributed by atoms with E-state index in [1.165, 1.54) is 12.5 Å². The van der Waals surface area contributed by atoms with E-state index in [0.29, 0.717) is 16.1 Å². The van der Waals surface area contributed by atoms with Crippen molar-refractivity contribution in [3.05, 3.63) is 38.3 Å². The predicted molar refractivity (Wildman–Crippen MR) is 81.3 cm³/mol. The van der Waals surface area contributed by atoms with Crippen LogP contribution < -0.4 is 5.32 Å². The van der Waals surface area contributed by atoms with E-state index in [9.17, 15) is 14.9 Å². The zero-order valence-electron chi connectivity index (χ0n) is 11.4. The molecule has 1 N–H and O–H groups in total. The highest BCUT2D eigenvalue weighted by atomic mass is 79.9. The molecular formula is C14H16BrN3O3. The highest BCUT2D eigenvalue weighted by molar-refractivity contribution is 9.10. The fourth-order valence-corrected chi connectivity index (χ4v) is 3.69. The van der Waals surface area contributed by atoms with Crippen molar-refractivity contribution in [3.8, 4) is 0 Å². The highest BCUT2D eigenvalue weighted by Gasteiger charge is 2.37. The van der Waals surface area contributed by atoms with Crippen LogP contribution in [0.25, 0.3) is 0 Å². The molecular weight excluding hydrogens is 338 g/mol. The fraction of sp³-hybridized carbons (Fsp3) is 0.500. The molecule has 112 valence electrons. The van der Waals surface area contributed by atoms with Crippen molar-refractivity contribution in [1.29, 1.82) is 0 Å². The molecule has 0 saturated carbocycles. The fourth-order valence-electron chi connectivity index (χ4n) is 3.30. The summed E-state index contributed by atoms with van der Waals surface area (Å²) in [6.45, 7) is 2.14. The van der Waals surface area contributed by atoms with Gasteiger partial charge in [-0.3, -0.25) is 19.8 Å². The van der Waals surface area contributed by atoms with Crippen molar-refractivity contribution in [3.63, 3.8) is 0 Å². The van der Waals surface area contributed by atoms with Gasteiger partial charge in [-0.05, 0) is 53.9 Å². The van der Waals surface area contributed by atoms with Gasteiger partial charge >= 0.3 is 0 Å². The number of nitrogens with one attached hydrogen (secondary N) is 1. The van der Waals surface area contributed by atoms with Gasteiger partial charge in [0.2, 0.25) is 0 Å². The Hall–Kier alpha value is -1.47. The average molecular weight is 354 g/mol. The standard InChI is InChI=1S/C14H16BrN3O3/c15-10-4-3-9(8-13(10)18(20)21)14(19)16-11-5-7-17-6-1-2-12(11)17/h3-4,8,11-12H,1-2,5-7H2,(H,16,19). The summed E-state index contributed by atoms with van der Waals surface area (Å²) in [7, 11) is 0. The summed E-state index contributed by atoms with van der Waals surface area (Å²) in [4.78, 5) is 25.2. The van der Waals surface area contributed by atoms with E-state index in [1.807, 2.05) is 0 Å². The molecule has 0 aromatic heterocycles. The predicted octanol–water partition coefficient (Wildman–Crippen LogP) is 2.32. The lowest BCUT2D eigenvalue weighted by Crippen LogP contribution is -2.42. The lowest BCUT2D eigenvalue weighted by atomic mass is 10.1. The highest BCUT2D eigenvalue weighted by Crippen LogP contribution is 2.29. The zero-order valence-corrected chi connectivity index (χ0v) is 13.0. The molecule has 0 aliphatic carbocycles. The minimum atomic E-state index is -0.491. The number of carbonyl (C=O) groups is 1. The molecule has 2 saturated heterocycles. The largest absolute Gasteiger partial charge is 0.348 e. The molecule has 7 heteroatoms. The normalized spacial score (nSPS) is 24.8. The van der Waals surface area contributed by atoms with Gasteiger partial charge in [-0.25, -0.2) is 0 Å². The Morgan fingerprint density at radius 3 is 2.95 bits per heavy atom. The number of halogens is 1. The van der Waals surface area contributed by atoms with Gasteiger partial charge in [0.1, 0.15) is 0 Å². The third kappa shape index (κ3) is 2.80. The Morgan fingerprint density at radius 1 is 1.38 bits per heavy atom. The van der Waals surface area contributed by atoms with Crippen molar-refractivity contribution in [1.82, 2.24) is 10.2 Å². The third-order valence-corrected chi connectivity index (χ3v) is 5.00. The van der Waals surface area contributed by atoms with E-state index in [1.54, 1.807) is 12.1 Å². The quantitative estimate of drug-likeness (QED) is 0.668. The van der Waals surface area contributed by atoms with Crippen LogP contribution in [0.2, 0.25) is 0 Å². The Balaban J connectivity index is 1.74. The molecule has 0 bridgehead atoms. The molecule has 0 spiro atoms. The molecule has 2 aliphatic heterocycles. The molecule has 0 radical (unpaired) electrons. The Morgan fingerprint density at radius 2 is 2.19 bits per heavy atom. The molecule has 21 heavy (non-hydrogen) atoms. The number of fused-ring (bicyclic) bond motifs is 1. The number of hydrogen-bond acceptors (Lipinski definition) is 4. The molecule has 3 rings (SSSR count). The van der Waals surface area contributed by atoms with Crippen molar-refractivity contribution in [2.45, 2.75) is 31.3 Å². The van der Waals surface area contributed by atoms with Crippen LogP contribution in [0.5, 0.6) is 0 Å². The third-order valence-electron chi connectivity index (χ3n) is 4.33. The summed E-state index contributed by atoms with van der Waals surface area (Å²) in [5.41, 5.74) is 0.248. The van der Waals surface area contributed by atoms with Crippen molar-refractivity contribution < 1.29 is 9.72 Å². The maximum Gasteiger partial charge on any atom is 0.284 e. The van der Waals surface area contributed by atoms with Crippen LogP contribution in [-0.2, 0) is 0 Å². The van der Waals surface area contributed by atoms with Crippen LogP contribution in [0.1, 0.15) is 29.6 Å². The second-order valence-corrected chi connectivity index (χ2v) is 6.39. The minimum absolute atomic E-state index is 0.0865. The summed E-state index contributed by atoms with van der Waals surface area (Å²) in [5.74, 6) is -0.232. The minimum Gasteiger partial charge on any atom is -0.348 e. The van der Waals surface area contributed by atoms with Gasteiger partial charge in [-0.2, -0.15) is 0 Å². The summed E-state index contributed by atoms with van der Waals surface area (Å²) < 4.78 is 0.381.